The third kappa shape index (κ3) is 3.85. The standard InChI is InChI=1S/C14H19N5O2S/c1-9(2)18-13-12(15)14(17-8-16-13)19-10-4-6-11(7-5-10)22(3,20)21/h4-9H,15H2,1-3H3,(H2,16,17,18,19). The first-order chi connectivity index (χ1) is 10.3. The van der Waals surface area contributed by atoms with Crippen molar-refractivity contribution in [3.05, 3.63) is 30.6 Å². The van der Waals surface area contributed by atoms with Gasteiger partial charge in [-0.15, -0.1) is 0 Å². The van der Waals surface area contributed by atoms with Crippen LogP contribution >= 0.6 is 0 Å². The van der Waals surface area contributed by atoms with Crippen LogP contribution in [0.15, 0.2) is 35.5 Å². The Morgan fingerprint density at radius 1 is 1.09 bits per heavy atom. The predicted molar refractivity (Wildman–Crippen MR) is 88.0 cm³/mol. The molecule has 1 aromatic heterocycles. The van der Waals surface area contributed by atoms with Crippen molar-refractivity contribution in [1.82, 2.24) is 9.97 Å². The molecule has 2 aromatic rings. The van der Waals surface area contributed by atoms with Crippen LogP contribution in [0.2, 0.25) is 0 Å². The normalized spacial score (nSPS) is 11.5. The zero-order valence-electron chi connectivity index (χ0n) is 12.7. The molecular weight excluding hydrogens is 302 g/mol. The van der Waals surface area contributed by atoms with E-state index >= 15 is 0 Å². The van der Waals surface area contributed by atoms with E-state index in [-0.39, 0.29) is 10.9 Å². The van der Waals surface area contributed by atoms with Gasteiger partial charge in [-0.3, -0.25) is 0 Å². The topological polar surface area (TPSA) is 110 Å². The number of nitrogen functional groups attached to an aromatic ring is 1. The molecule has 0 radical (unpaired) electrons. The van der Waals surface area contributed by atoms with Gasteiger partial charge in [0.2, 0.25) is 0 Å². The van der Waals surface area contributed by atoms with Gasteiger partial charge >= 0.3 is 0 Å². The lowest BCUT2D eigenvalue weighted by Gasteiger charge is -2.14. The Labute approximate surface area is 129 Å². The minimum Gasteiger partial charge on any atom is -0.393 e. The van der Waals surface area contributed by atoms with E-state index in [0.29, 0.717) is 23.0 Å². The van der Waals surface area contributed by atoms with Crippen LogP contribution in [0.5, 0.6) is 0 Å². The second-order valence-corrected chi connectivity index (χ2v) is 7.22. The van der Waals surface area contributed by atoms with Crippen molar-refractivity contribution in [2.75, 3.05) is 22.6 Å². The summed E-state index contributed by atoms with van der Waals surface area (Å²) in [4.78, 5) is 8.47. The Morgan fingerprint density at radius 2 is 1.68 bits per heavy atom. The van der Waals surface area contributed by atoms with Crippen LogP contribution in [0, 0.1) is 0 Å². The molecule has 0 aliphatic heterocycles. The molecule has 0 fully saturated rings. The minimum atomic E-state index is -3.21. The molecule has 1 aromatic carbocycles. The van der Waals surface area contributed by atoms with Gasteiger partial charge in [0.25, 0.3) is 0 Å². The molecule has 22 heavy (non-hydrogen) atoms. The Balaban J connectivity index is 2.24. The Kier molecular flexibility index (Phi) is 4.51. The average Bonchev–Trinajstić information content (AvgIpc) is 2.42. The molecule has 8 heteroatoms. The fraction of sp³-hybridized carbons (Fsp3) is 0.286. The van der Waals surface area contributed by atoms with Gasteiger partial charge in [0, 0.05) is 18.0 Å². The van der Waals surface area contributed by atoms with E-state index in [4.69, 9.17) is 5.73 Å². The smallest absolute Gasteiger partial charge is 0.175 e. The van der Waals surface area contributed by atoms with Crippen molar-refractivity contribution in [2.45, 2.75) is 24.8 Å². The van der Waals surface area contributed by atoms with Crippen molar-refractivity contribution in [3.8, 4) is 0 Å². The first kappa shape index (κ1) is 16.0. The lowest BCUT2D eigenvalue weighted by atomic mass is 10.3. The molecule has 0 unspecified atom stereocenters. The molecular formula is C14H19N5O2S. The highest BCUT2D eigenvalue weighted by Gasteiger charge is 2.10. The largest absolute Gasteiger partial charge is 0.393 e. The molecule has 7 nitrogen and oxygen atoms in total. The predicted octanol–water partition coefficient (Wildman–Crippen LogP) is 2.03. The van der Waals surface area contributed by atoms with Gasteiger partial charge in [0.1, 0.15) is 12.0 Å². The number of hydrogen-bond donors (Lipinski definition) is 3. The summed E-state index contributed by atoms with van der Waals surface area (Å²) in [5.41, 5.74) is 7.13. The minimum absolute atomic E-state index is 0.194. The maximum atomic E-state index is 11.4. The third-order valence-electron chi connectivity index (χ3n) is 2.85. The third-order valence-corrected chi connectivity index (χ3v) is 3.98. The fourth-order valence-electron chi connectivity index (χ4n) is 1.81. The van der Waals surface area contributed by atoms with Crippen molar-refractivity contribution < 1.29 is 8.42 Å². The van der Waals surface area contributed by atoms with Gasteiger partial charge < -0.3 is 16.4 Å². The van der Waals surface area contributed by atoms with Crippen molar-refractivity contribution >= 4 is 32.8 Å². The second kappa shape index (κ2) is 6.18. The highest BCUT2D eigenvalue weighted by atomic mass is 32.2. The molecule has 0 spiro atoms. The van der Waals surface area contributed by atoms with Crippen LogP contribution in [-0.4, -0.2) is 30.7 Å². The molecule has 0 saturated heterocycles. The van der Waals surface area contributed by atoms with Gasteiger partial charge in [0.05, 0.1) is 4.90 Å². The van der Waals surface area contributed by atoms with E-state index in [1.807, 2.05) is 13.8 Å². The molecule has 0 atom stereocenters. The summed E-state index contributed by atoms with van der Waals surface area (Å²) in [6.45, 7) is 3.97. The van der Waals surface area contributed by atoms with Gasteiger partial charge in [0.15, 0.2) is 21.5 Å². The van der Waals surface area contributed by atoms with Gasteiger partial charge in [-0.2, -0.15) is 0 Å². The molecule has 0 aliphatic rings. The number of benzene rings is 1. The SMILES string of the molecule is CC(C)Nc1ncnc(Nc2ccc(S(C)(=O)=O)cc2)c1N. The van der Waals surface area contributed by atoms with Crippen molar-refractivity contribution in [2.24, 2.45) is 0 Å². The number of rotatable bonds is 5. The summed E-state index contributed by atoms with van der Waals surface area (Å²) in [5.74, 6) is 1.02. The summed E-state index contributed by atoms with van der Waals surface area (Å²) in [6, 6.07) is 6.57. The fourth-order valence-corrected chi connectivity index (χ4v) is 2.44. The van der Waals surface area contributed by atoms with Crippen LogP contribution < -0.4 is 16.4 Å². The van der Waals surface area contributed by atoms with E-state index < -0.39 is 9.84 Å². The number of nitrogens with one attached hydrogen (secondary N) is 2. The number of aromatic nitrogens is 2. The average molecular weight is 321 g/mol. The van der Waals surface area contributed by atoms with Gasteiger partial charge in [-0.25, -0.2) is 18.4 Å². The molecule has 2 rings (SSSR count). The Morgan fingerprint density at radius 3 is 2.23 bits per heavy atom. The Hall–Kier alpha value is -2.35. The van der Waals surface area contributed by atoms with Crippen LogP contribution in [0.3, 0.4) is 0 Å². The van der Waals surface area contributed by atoms with E-state index in [1.165, 1.54) is 24.7 Å². The maximum Gasteiger partial charge on any atom is 0.175 e. The number of sulfone groups is 1. The summed E-state index contributed by atoms with van der Waals surface area (Å²) in [7, 11) is -3.21. The van der Waals surface area contributed by atoms with E-state index in [9.17, 15) is 8.42 Å². The monoisotopic (exact) mass is 321 g/mol. The Bertz CT molecular complexity index is 757. The summed E-state index contributed by atoms with van der Waals surface area (Å²) < 4.78 is 22.9. The first-order valence-corrected chi connectivity index (χ1v) is 8.60. The first-order valence-electron chi connectivity index (χ1n) is 6.71. The summed E-state index contributed by atoms with van der Waals surface area (Å²) in [6.07, 6.45) is 2.58. The molecule has 0 saturated carbocycles. The lowest BCUT2D eigenvalue weighted by molar-refractivity contribution is 0.602. The molecule has 4 N–H and O–H groups in total. The van der Waals surface area contributed by atoms with Crippen LogP contribution in [-0.2, 0) is 9.84 Å². The molecule has 0 amide bonds. The summed E-state index contributed by atoms with van der Waals surface area (Å²) in [5, 5.41) is 6.19. The zero-order chi connectivity index (χ0) is 16.3. The quantitative estimate of drug-likeness (QED) is 0.772. The molecule has 118 valence electrons. The van der Waals surface area contributed by atoms with E-state index in [0.717, 1.165) is 0 Å². The van der Waals surface area contributed by atoms with Crippen LogP contribution in [0.1, 0.15) is 13.8 Å². The number of nitrogens with two attached hydrogens (primary N) is 1. The maximum absolute atomic E-state index is 11.4. The van der Waals surface area contributed by atoms with Crippen LogP contribution in [0.25, 0.3) is 0 Å². The molecule has 1 heterocycles. The van der Waals surface area contributed by atoms with Gasteiger partial charge in [-0.05, 0) is 38.1 Å². The van der Waals surface area contributed by atoms with E-state index in [2.05, 4.69) is 20.6 Å². The second-order valence-electron chi connectivity index (χ2n) is 5.21. The van der Waals surface area contributed by atoms with Crippen molar-refractivity contribution in [3.63, 3.8) is 0 Å². The summed E-state index contributed by atoms with van der Waals surface area (Å²) >= 11 is 0. The molecule has 0 bridgehead atoms. The highest BCUT2D eigenvalue weighted by Crippen LogP contribution is 2.26. The van der Waals surface area contributed by atoms with Crippen molar-refractivity contribution in [1.29, 1.82) is 0 Å². The number of hydrogen-bond acceptors (Lipinski definition) is 7. The highest BCUT2D eigenvalue weighted by molar-refractivity contribution is 7.90. The molecule has 0 aliphatic carbocycles. The van der Waals surface area contributed by atoms with Gasteiger partial charge in [-0.1, -0.05) is 0 Å². The lowest BCUT2D eigenvalue weighted by Crippen LogP contribution is -2.14. The number of nitrogens with zero attached hydrogens (tertiary/aromatic N) is 2. The van der Waals surface area contributed by atoms with E-state index in [1.54, 1.807) is 12.1 Å². The number of anilines is 4. The zero-order valence-corrected chi connectivity index (χ0v) is 13.5. The van der Waals surface area contributed by atoms with Crippen LogP contribution in [0.4, 0.5) is 23.0 Å².